The van der Waals surface area contributed by atoms with Gasteiger partial charge in [0.15, 0.2) is 0 Å². The summed E-state index contributed by atoms with van der Waals surface area (Å²) in [6, 6.07) is 34.0. The number of nitrogens with two attached hydrogens (primary N) is 2. The lowest BCUT2D eigenvalue weighted by Crippen LogP contribution is -2.49. The number of hydrogen-bond donors (Lipinski definition) is 4. The maximum absolute atomic E-state index is 11.4. The van der Waals surface area contributed by atoms with Crippen LogP contribution in [0.2, 0.25) is 0 Å². The molecule has 0 unspecified atom stereocenters. The summed E-state index contributed by atoms with van der Waals surface area (Å²) in [4.78, 5) is 0. The molecule has 0 spiro atoms. The van der Waals surface area contributed by atoms with Crippen LogP contribution < -0.4 is 11.5 Å². The summed E-state index contributed by atoms with van der Waals surface area (Å²) in [6.07, 6.45) is -4.35. The topological polar surface area (TPSA) is 129 Å². The van der Waals surface area contributed by atoms with E-state index in [1.807, 2.05) is 84.9 Å². The molecule has 0 aromatic heterocycles. The summed E-state index contributed by atoms with van der Waals surface area (Å²) in [7, 11) is 0. The van der Waals surface area contributed by atoms with Crippen molar-refractivity contribution in [1.29, 1.82) is 0 Å². The van der Waals surface area contributed by atoms with Crippen molar-refractivity contribution in [2.24, 2.45) is 0 Å². The van der Waals surface area contributed by atoms with Crippen LogP contribution in [0, 0.1) is 0 Å². The number of nitrogen functional groups attached to an aromatic ring is 2. The molecule has 4 aromatic carbocycles. The first-order valence-corrected chi connectivity index (χ1v) is 14.0. The van der Waals surface area contributed by atoms with Crippen molar-refractivity contribution < 1.29 is 29.2 Å². The quantitative estimate of drug-likeness (QED) is 0.136. The molecule has 8 heteroatoms. The molecular weight excluding hydrogens is 532 g/mol. The standard InChI is InChI=1S/C34H40N2O6/c35-29-15-11-27(12-16-29)21-41-31(23-39-19-25-7-3-1-4-8-25)33(37)34(38)32(24-40-20-26-9-5-2-6-10-26)42-22-28-13-17-30(36)18-14-28/h1-18,31-34,37-38H,19-24,35-36H2/t31-,32-,33-,34-/m1/s1. The van der Waals surface area contributed by atoms with Gasteiger partial charge in [-0.15, -0.1) is 0 Å². The van der Waals surface area contributed by atoms with Crippen molar-refractivity contribution in [1.82, 2.24) is 0 Å². The predicted molar refractivity (Wildman–Crippen MR) is 163 cm³/mol. The van der Waals surface area contributed by atoms with Crippen LogP contribution in [0.3, 0.4) is 0 Å². The van der Waals surface area contributed by atoms with Gasteiger partial charge in [-0.05, 0) is 46.5 Å². The van der Waals surface area contributed by atoms with E-state index in [0.717, 1.165) is 22.3 Å². The summed E-state index contributed by atoms with van der Waals surface area (Å²) in [5, 5.41) is 22.8. The first-order valence-electron chi connectivity index (χ1n) is 14.0. The Morgan fingerprint density at radius 3 is 1.14 bits per heavy atom. The lowest BCUT2D eigenvalue weighted by molar-refractivity contribution is -0.170. The SMILES string of the molecule is Nc1ccc(CO[C@H](COCc2ccccc2)[C@@H](O)[C@H](O)[C@@H](COCc2ccccc2)OCc2ccc(N)cc2)cc1. The van der Waals surface area contributed by atoms with Crippen molar-refractivity contribution in [3.63, 3.8) is 0 Å². The average molecular weight is 573 g/mol. The zero-order valence-electron chi connectivity index (χ0n) is 23.6. The Morgan fingerprint density at radius 2 is 0.786 bits per heavy atom. The molecule has 4 rings (SSSR count). The van der Waals surface area contributed by atoms with E-state index < -0.39 is 24.4 Å². The van der Waals surface area contributed by atoms with Crippen LogP contribution in [0.1, 0.15) is 22.3 Å². The predicted octanol–water partition coefficient (Wildman–Crippen LogP) is 4.48. The zero-order chi connectivity index (χ0) is 29.6. The van der Waals surface area contributed by atoms with Crippen molar-refractivity contribution >= 4 is 11.4 Å². The normalized spacial score (nSPS) is 14.2. The highest BCUT2D eigenvalue weighted by atomic mass is 16.6. The maximum atomic E-state index is 11.4. The fourth-order valence-corrected chi connectivity index (χ4v) is 4.30. The molecule has 0 radical (unpaired) electrons. The highest BCUT2D eigenvalue weighted by molar-refractivity contribution is 5.39. The van der Waals surface area contributed by atoms with Crippen LogP contribution in [-0.4, -0.2) is 47.8 Å². The molecule has 6 N–H and O–H groups in total. The van der Waals surface area contributed by atoms with E-state index in [1.54, 1.807) is 24.3 Å². The van der Waals surface area contributed by atoms with E-state index in [9.17, 15) is 10.2 Å². The number of rotatable bonds is 17. The second-order valence-corrected chi connectivity index (χ2v) is 10.2. The molecule has 0 saturated carbocycles. The number of hydrogen-bond acceptors (Lipinski definition) is 8. The third kappa shape index (κ3) is 10.3. The summed E-state index contributed by atoms with van der Waals surface area (Å²) in [6.45, 7) is 1.18. The van der Waals surface area contributed by atoms with Gasteiger partial charge in [-0.3, -0.25) is 0 Å². The van der Waals surface area contributed by atoms with Gasteiger partial charge < -0.3 is 40.6 Å². The number of aliphatic hydroxyl groups excluding tert-OH is 2. The van der Waals surface area contributed by atoms with E-state index in [1.165, 1.54) is 0 Å². The van der Waals surface area contributed by atoms with Gasteiger partial charge in [-0.2, -0.15) is 0 Å². The molecule has 0 aliphatic heterocycles. The van der Waals surface area contributed by atoms with Gasteiger partial charge in [0.05, 0.1) is 39.6 Å². The van der Waals surface area contributed by atoms with Gasteiger partial charge in [0.25, 0.3) is 0 Å². The third-order valence-corrected chi connectivity index (χ3v) is 6.79. The van der Waals surface area contributed by atoms with E-state index in [4.69, 9.17) is 30.4 Å². The second kappa shape index (κ2) is 16.6. The molecule has 222 valence electrons. The molecule has 0 saturated heterocycles. The highest BCUT2D eigenvalue weighted by Crippen LogP contribution is 2.18. The molecule has 0 fully saturated rings. The first kappa shape index (κ1) is 31.2. The maximum Gasteiger partial charge on any atom is 0.111 e. The highest BCUT2D eigenvalue weighted by Gasteiger charge is 2.34. The van der Waals surface area contributed by atoms with Crippen LogP contribution in [-0.2, 0) is 45.4 Å². The second-order valence-electron chi connectivity index (χ2n) is 10.2. The monoisotopic (exact) mass is 572 g/mol. The van der Waals surface area contributed by atoms with Gasteiger partial charge in [-0.1, -0.05) is 84.9 Å². The first-order chi connectivity index (χ1) is 20.5. The Kier molecular flexibility index (Phi) is 12.3. The van der Waals surface area contributed by atoms with Gasteiger partial charge >= 0.3 is 0 Å². The number of ether oxygens (including phenoxy) is 4. The molecule has 8 nitrogen and oxygen atoms in total. The average Bonchev–Trinajstić information content (AvgIpc) is 3.02. The summed E-state index contributed by atoms with van der Waals surface area (Å²) >= 11 is 0. The number of benzene rings is 4. The van der Waals surface area contributed by atoms with E-state index in [0.29, 0.717) is 24.6 Å². The van der Waals surface area contributed by atoms with Crippen molar-refractivity contribution in [2.45, 2.75) is 50.8 Å². The van der Waals surface area contributed by atoms with Crippen LogP contribution >= 0.6 is 0 Å². The molecule has 0 heterocycles. The molecule has 0 aliphatic rings. The molecule has 0 amide bonds. The van der Waals surface area contributed by atoms with Gasteiger partial charge in [-0.25, -0.2) is 0 Å². The van der Waals surface area contributed by atoms with Crippen LogP contribution in [0.4, 0.5) is 11.4 Å². The van der Waals surface area contributed by atoms with E-state index in [-0.39, 0.29) is 26.4 Å². The van der Waals surface area contributed by atoms with Crippen molar-refractivity contribution in [3.8, 4) is 0 Å². The zero-order valence-corrected chi connectivity index (χ0v) is 23.6. The Hall–Kier alpha value is -3.76. The lowest BCUT2D eigenvalue weighted by Gasteiger charge is -2.32. The van der Waals surface area contributed by atoms with Crippen LogP contribution in [0.5, 0.6) is 0 Å². The summed E-state index contributed by atoms with van der Waals surface area (Å²) in [5.41, 5.74) is 16.7. The summed E-state index contributed by atoms with van der Waals surface area (Å²) < 4.78 is 24.0. The molecule has 4 atom stereocenters. The van der Waals surface area contributed by atoms with Gasteiger partial charge in [0.1, 0.15) is 24.4 Å². The van der Waals surface area contributed by atoms with E-state index >= 15 is 0 Å². The molecule has 4 aromatic rings. The fourth-order valence-electron chi connectivity index (χ4n) is 4.30. The van der Waals surface area contributed by atoms with Crippen LogP contribution in [0.25, 0.3) is 0 Å². The summed E-state index contributed by atoms with van der Waals surface area (Å²) in [5.74, 6) is 0. The molecule has 0 aliphatic carbocycles. The minimum Gasteiger partial charge on any atom is -0.399 e. The molecule has 0 bridgehead atoms. The van der Waals surface area contributed by atoms with Crippen LogP contribution in [0.15, 0.2) is 109 Å². The Bertz CT molecular complexity index is 1190. The molecule has 42 heavy (non-hydrogen) atoms. The molecular formula is C34H40N2O6. The minimum atomic E-state index is -1.33. The third-order valence-electron chi connectivity index (χ3n) is 6.79. The minimum absolute atomic E-state index is 0.0532. The van der Waals surface area contributed by atoms with Gasteiger partial charge in [0.2, 0.25) is 0 Å². The van der Waals surface area contributed by atoms with Gasteiger partial charge in [0, 0.05) is 11.4 Å². The number of aliphatic hydroxyl groups is 2. The Balaban J connectivity index is 1.44. The fraction of sp³-hybridized carbons (Fsp3) is 0.294. The smallest absolute Gasteiger partial charge is 0.111 e. The lowest BCUT2D eigenvalue weighted by atomic mass is 10.0. The van der Waals surface area contributed by atoms with Crippen molar-refractivity contribution in [2.75, 3.05) is 24.7 Å². The number of anilines is 2. The van der Waals surface area contributed by atoms with Crippen molar-refractivity contribution in [3.05, 3.63) is 131 Å². The Labute approximate surface area is 247 Å². The van der Waals surface area contributed by atoms with E-state index in [2.05, 4.69) is 0 Å². The largest absolute Gasteiger partial charge is 0.399 e. The Morgan fingerprint density at radius 1 is 0.452 bits per heavy atom.